The van der Waals surface area contributed by atoms with Gasteiger partial charge in [-0.05, 0) is 50.1 Å². The first-order valence-corrected chi connectivity index (χ1v) is 10.2. The lowest BCUT2D eigenvalue weighted by molar-refractivity contribution is -0.126. The summed E-state index contributed by atoms with van der Waals surface area (Å²) in [6, 6.07) is 14.9. The van der Waals surface area contributed by atoms with Crippen LogP contribution in [0, 0.1) is 0 Å². The monoisotopic (exact) mass is 414 g/mol. The lowest BCUT2D eigenvalue weighted by atomic mass is 9.87. The largest absolute Gasteiger partial charge is 0.479 e. The number of para-hydroxylation sites is 1. The van der Waals surface area contributed by atoms with Crippen molar-refractivity contribution in [2.75, 3.05) is 6.54 Å². The molecule has 2 aromatic heterocycles. The number of fused-ring (bicyclic) bond motifs is 4. The Bertz CT molecular complexity index is 1410. The van der Waals surface area contributed by atoms with E-state index in [-0.39, 0.29) is 5.78 Å². The van der Waals surface area contributed by atoms with Crippen LogP contribution in [-0.4, -0.2) is 22.9 Å². The summed E-state index contributed by atoms with van der Waals surface area (Å²) in [5, 5.41) is 5.20. The van der Waals surface area contributed by atoms with Crippen molar-refractivity contribution in [1.29, 1.82) is 0 Å². The van der Waals surface area contributed by atoms with Crippen LogP contribution in [-0.2, 0) is 11.2 Å². The Kier molecular flexibility index (Phi) is 4.43. The molecule has 0 bridgehead atoms. The summed E-state index contributed by atoms with van der Waals surface area (Å²) in [4.78, 5) is 28.3. The first kappa shape index (κ1) is 19.2. The normalized spacial score (nSPS) is 16.5. The van der Waals surface area contributed by atoms with Gasteiger partial charge in [0.25, 0.3) is 0 Å². The van der Waals surface area contributed by atoms with Crippen LogP contribution in [0.25, 0.3) is 27.4 Å². The van der Waals surface area contributed by atoms with Gasteiger partial charge in [-0.3, -0.25) is 4.79 Å². The predicted octanol–water partition coefficient (Wildman–Crippen LogP) is 4.19. The molecule has 4 aromatic rings. The van der Waals surface area contributed by atoms with E-state index in [0.717, 1.165) is 17.3 Å². The van der Waals surface area contributed by atoms with Gasteiger partial charge < -0.3 is 19.5 Å². The van der Waals surface area contributed by atoms with Gasteiger partial charge in [-0.15, -0.1) is 0 Å². The van der Waals surface area contributed by atoms with Crippen molar-refractivity contribution in [2.24, 2.45) is 0 Å². The van der Waals surface area contributed by atoms with Gasteiger partial charge in [0, 0.05) is 41.3 Å². The highest BCUT2D eigenvalue weighted by Gasteiger charge is 2.40. The Morgan fingerprint density at radius 3 is 2.74 bits per heavy atom. The summed E-state index contributed by atoms with van der Waals surface area (Å²) in [5.74, 6) is 0.356. The van der Waals surface area contributed by atoms with Gasteiger partial charge in [-0.2, -0.15) is 0 Å². The van der Waals surface area contributed by atoms with E-state index in [2.05, 4.69) is 16.4 Å². The van der Waals surface area contributed by atoms with E-state index in [4.69, 9.17) is 9.15 Å². The molecule has 3 heterocycles. The number of hydrogen-bond donors (Lipinski definition) is 2. The number of carbonyl (C=O) groups is 1. The Morgan fingerprint density at radius 1 is 1.06 bits per heavy atom. The van der Waals surface area contributed by atoms with Crippen LogP contribution in [0.3, 0.4) is 0 Å². The molecule has 0 fully saturated rings. The highest BCUT2D eigenvalue weighted by molar-refractivity contribution is 6.28. The van der Waals surface area contributed by atoms with Gasteiger partial charge in [-0.1, -0.05) is 18.2 Å². The van der Waals surface area contributed by atoms with Crippen LogP contribution >= 0.6 is 0 Å². The number of ether oxygens (including phenoxy) is 1. The number of rotatable bonds is 4. The van der Waals surface area contributed by atoms with Crippen molar-refractivity contribution < 1.29 is 13.9 Å². The fourth-order valence-electron chi connectivity index (χ4n) is 4.07. The van der Waals surface area contributed by atoms with Gasteiger partial charge in [0.05, 0.1) is 11.1 Å². The van der Waals surface area contributed by atoms with Crippen molar-refractivity contribution in [1.82, 2.24) is 10.3 Å². The van der Waals surface area contributed by atoms with E-state index >= 15 is 0 Å². The number of aromatic amines is 1. The standard InChI is InChI=1S/C25H22N2O4/c1-25(2)24(29)18(14-26-12-11-16-13-27-19-6-4-3-5-17(16)19)22-20(31-25)9-7-15-8-10-21(28)30-23(15)22/h3-10,13-14,26-27H,11-12H2,1-2H3. The second-order valence-corrected chi connectivity index (χ2v) is 8.17. The average Bonchev–Trinajstić information content (AvgIpc) is 3.16. The van der Waals surface area contributed by atoms with E-state index in [1.54, 1.807) is 26.1 Å². The average molecular weight is 414 g/mol. The molecule has 2 N–H and O–H groups in total. The lowest BCUT2D eigenvalue weighted by Crippen LogP contribution is -2.42. The van der Waals surface area contributed by atoms with Gasteiger partial charge in [0.1, 0.15) is 11.3 Å². The van der Waals surface area contributed by atoms with Gasteiger partial charge in [0.2, 0.25) is 5.78 Å². The minimum absolute atomic E-state index is 0.168. The number of carbonyl (C=O) groups excluding carboxylic acids is 1. The molecule has 0 saturated heterocycles. The molecule has 1 aliphatic rings. The molecule has 0 spiro atoms. The molecule has 0 saturated carbocycles. The zero-order valence-electron chi connectivity index (χ0n) is 17.3. The minimum atomic E-state index is -1.01. The Hall–Kier alpha value is -3.80. The third kappa shape index (κ3) is 3.30. The van der Waals surface area contributed by atoms with Crippen LogP contribution in [0.5, 0.6) is 5.75 Å². The molecule has 6 heteroatoms. The Labute approximate surface area is 178 Å². The summed E-state index contributed by atoms with van der Waals surface area (Å²) in [7, 11) is 0. The van der Waals surface area contributed by atoms with E-state index < -0.39 is 11.2 Å². The van der Waals surface area contributed by atoms with Gasteiger partial charge in [0.15, 0.2) is 5.60 Å². The number of Topliss-reactive ketones (excluding diaryl/α,β-unsaturated/α-hetero) is 1. The fraction of sp³-hybridized carbons (Fsp3) is 0.200. The SMILES string of the molecule is CC1(C)Oc2ccc3ccc(=O)oc3c2C(=CNCCc2c[nH]c3ccccc23)C1=O. The molecule has 31 heavy (non-hydrogen) atoms. The minimum Gasteiger partial charge on any atom is -0.479 e. The van der Waals surface area contributed by atoms with E-state index in [1.807, 2.05) is 36.5 Å². The highest BCUT2D eigenvalue weighted by atomic mass is 16.5. The van der Waals surface area contributed by atoms with E-state index in [9.17, 15) is 9.59 Å². The summed E-state index contributed by atoms with van der Waals surface area (Å²) in [5.41, 5.74) is 2.15. The Balaban J connectivity index is 1.49. The number of benzene rings is 2. The second kappa shape index (κ2) is 7.16. The molecule has 0 amide bonds. The smallest absolute Gasteiger partial charge is 0.336 e. The molecule has 2 aromatic carbocycles. The molecule has 0 radical (unpaired) electrons. The summed E-state index contributed by atoms with van der Waals surface area (Å²) in [6.07, 6.45) is 4.52. The zero-order chi connectivity index (χ0) is 21.6. The molecule has 0 unspecified atom stereocenters. The molecule has 0 aliphatic carbocycles. The van der Waals surface area contributed by atoms with E-state index in [0.29, 0.717) is 29.0 Å². The van der Waals surface area contributed by atoms with E-state index in [1.165, 1.54) is 17.0 Å². The van der Waals surface area contributed by atoms with Crippen molar-refractivity contribution in [3.63, 3.8) is 0 Å². The molecule has 0 atom stereocenters. The summed E-state index contributed by atoms with van der Waals surface area (Å²) < 4.78 is 11.4. The highest BCUT2D eigenvalue weighted by Crippen LogP contribution is 2.41. The van der Waals surface area contributed by atoms with Crippen LogP contribution in [0.1, 0.15) is 25.0 Å². The lowest BCUT2D eigenvalue weighted by Gasteiger charge is -2.32. The first-order valence-electron chi connectivity index (χ1n) is 10.2. The number of hydrogen-bond acceptors (Lipinski definition) is 5. The molecule has 6 nitrogen and oxygen atoms in total. The third-order valence-electron chi connectivity index (χ3n) is 5.64. The van der Waals surface area contributed by atoms with Crippen LogP contribution in [0.2, 0.25) is 0 Å². The zero-order valence-corrected chi connectivity index (χ0v) is 17.3. The Morgan fingerprint density at radius 2 is 1.87 bits per heavy atom. The van der Waals surface area contributed by atoms with Gasteiger partial charge in [-0.25, -0.2) is 4.79 Å². The van der Waals surface area contributed by atoms with Crippen molar-refractivity contribution in [2.45, 2.75) is 25.9 Å². The third-order valence-corrected chi connectivity index (χ3v) is 5.64. The van der Waals surface area contributed by atoms with Crippen LogP contribution in [0.4, 0.5) is 0 Å². The summed E-state index contributed by atoms with van der Waals surface area (Å²) in [6.45, 7) is 4.12. The fourth-order valence-corrected chi connectivity index (χ4v) is 4.07. The van der Waals surface area contributed by atoms with Gasteiger partial charge >= 0.3 is 5.63 Å². The molecular weight excluding hydrogens is 392 g/mol. The maximum Gasteiger partial charge on any atom is 0.336 e. The quantitative estimate of drug-likeness (QED) is 0.297. The van der Waals surface area contributed by atoms with Crippen LogP contribution < -0.4 is 15.7 Å². The predicted molar refractivity (Wildman–Crippen MR) is 120 cm³/mol. The molecule has 5 rings (SSSR count). The van der Waals surface area contributed by atoms with Crippen molar-refractivity contribution >= 4 is 33.2 Å². The number of ketones is 1. The molecule has 156 valence electrons. The second-order valence-electron chi connectivity index (χ2n) is 8.17. The van der Waals surface area contributed by atoms with Crippen LogP contribution in [0.15, 0.2) is 70.1 Å². The van der Waals surface area contributed by atoms with Crippen molar-refractivity contribution in [3.05, 3.63) is 82.5 Å². The molecular formula is C25H22N2O4. The number of aromatic nitrogens is 1. The number of nitrogens with one attached hydrogen (secondary N) is 2. The first-order chi connectivity index (χ1) is 14.9. The summed E-state index contributed by atoms with van der Waals surface area (Å²) >= 11 is 0. The van der Waals surface area contributed by atoms with Crippen molar-refractivity contribution in [3.8, 4) is 5.75 Å². The number of H-pyrrole nitrogens is 1. The maximum absolute atomic E-state index is 13.2. The topological polar surface area (TPSA) is 84.3 Å². The maximum atomic E-state index is 13.2. The molecule has 1 aliphatic heterocycles.